The first-order valence-corrected chi connectivity index (χ1v) is 9.88. The summed E-state index contributed by atoms with van der Waals surface area (Å²) in [6, 6.07) is 6.25. The molecule has 24 heavy (non-hydrogen) atoms. The monoisotopic (exact) mass is 368 g/mol. The fourth-order valence-corrected chi connectivity index (χ4v) is 4.40. The lowest BCUT2D eigenvalue weighted by Gasteiger charge is -2.18. The SMILES string of the molecule is CCc1nnsc1C(=O)Nc1cccc(S(=O)(=O)N(CC)CC)c1. The van der Waals surface area contributed by atoms with Gasteiger partial charge in [-0.1, -0.05) is 31.3 Å². The van der Waals surface area contributed by atoms with E-state index in [9.17, 15) is 13.2 Å². The van der Waals surface area contributed by atoms with Gasteiger partial charge in [-0.2, -0.15) is 4.31 Å². The second-order valence-electron chi connectivity index (χ2n) is 4.97. The second kappa shape index (κ2) is 7.82. The van der Waals surface area contributed by atoms with Crippen molar-refractivity contribution in [3.8, 4) is 0 Å². The molecule has 1 heterocycles. The van der Waals surface area contributed by atoms with Gasteiger partial charge in [0.2, 0.25) is 10.0 Å². The number of rotatable bonds is 7. The number of hydrogen-bond acceptors (Lipinski definition) is 6. The van der Waals surface area contributed by atoms with Gasteiger partial charge in [0.25, 0.3) is 5.91 Å². The first kappa shape index (κ1) is 18.5. The quantitative estimate of drug-likeness (QED) is 0.810. The van der Waals surface area contributed by atoms with E-state index in [1.165, 1.54) is 16.4 Å². The zero-order valence-electron chi connectivity index (χ0n) is 13.8. The minimum absolute atomic E-state index is 0.155. The average molecular weight is 368 g/mol. The standard InChI is InChI=1S/C15H20N4O3S2/c1-4-13-14(23-18-17-13)15(20)16-11-8-7-9-12(10-11)24(21,22)19(5-2)6-3/h7-10H,4-6H2,1-3H3,(H,16,20). The van der Waals surface area contributed by atoms with Crippen LogP contribution in [0, 0.1) is 0 Å². The Morgan fingerprint density at radius 3 is 2.58 bits per heavy atom. The molecule has 9 heteroatoms. The van der Waals surface area contributed by atoms with Crippen LogP contribution in [0.4, 0.5) is 5.69 Å². The maximum absolute atomic E-state index is 12.6. The number of aryl methyl sites for hydroxylation is 1. The van der Waals surface area contributed by atoms with Crippen molar-refractivity contribution >= 4 is 33.2 Å². The lowest BCUT2D eigenvalue weighted by atomic mass is 10.2. The molecular formula is C15H20N4O3S2. The smallest absolute Gasteiger partial charge is 0.269 e. The molecule has 0 saturated heterocycles. The van der Waals surface area contributed by atoms with Crippen LogP contribution in [0.25, 0.3) is 0 Å². The van der Waals surface area contributed by atoms with Crippen LogP contribution in [0.5, 0.6) is 0 Å². The predicted octanol–water partition coefficient (Wildman–Crippen LogP) is 2.38. The van der Waals surface area contributed by atoms with Crippen LogP contribution in [0.2, 0.25) is 0 Å². The summed E-state index contributed by atoms with van der Waals surface area (Å²) in [7, 11) is -3.57. The molecule has 1 aromatic heterocycles. The molecule has 0 unspecified atom stereocenters. The highest BCUT2D eigenvalue weighted by Gasteiger charge is 2.22. The predicted molar refractivity (Wildman–Crippen MR) is 93.8 cm³/mol. The molecule has 7 nitrogen and oxygen atoms in total. The summed E-state index contributed by atoms with van der Waals surface area (Å²) in [5, 5.41) is 6.62. The van der Waals surface area contributed by atoms with Crippen molar-refractivity contribution in [3.63, 3.8) is 0 Å². The van der Waals surface area contributed by atoms with E-state index in [1.807, 2.05) is 6.92 Å². The van der Waals surface area contributed by atoms with Crippen molar-refractivity contribution in [1.82, 2.24) is 13.9 Å². The zero-order chi connectivity index (χ0) is 17.7. The van der Waals surface area contributed by atoms with Gasteiger partial charge in [-0.05, 0) is 36.2 Å². The van der Waals surface area contributed by atoms with Gasteiger partial charge in [-0.3, -0.25) is 4.79 Å². The summed E-state index contributed by atoms with van der Waals surface area (Å²) in [6.07, 6.45) is 0.607. The highest BCUT2D eigenvalue weighted by Crippen LogP contribution is 2.21. The van der Waals surface area contributed by atoms with Gasteiger partial charge >= 0.3 is 0 Å². The number of sulfonamides is 1. The van der Waals surface area contributed by atoms with E-state index in [0.29, 0.717) is 35.8 Å². The molecule has 1 N–H and O–H groups in total. The average Bonchev–Trinajstić information content (AvgIpc) is 3.04. The lowest BCUT2D eigenvalue weighted by molar-refractivity contribution is 0.102. The van der Waals surface area contributed by atoms with Crippen LogP contribution >= 0.6 is 11.5 Å². The Kier molecular flexibility index (Phi) is 6.03. The van der Waals surface area contributed by atoms with Crippen LogP contribution in [0.15, 0.2) is 29.2 Å². The van der Waals surface area contributed by atoms with Crippen LogP contribution in [0.1, 0.15) is 36.1 Å². The van der Waals surface area contributed by atoms with Crippen molar-refractivity contribution in [2.75, 3.05) is 18.4 Å². The van der Waals surface area contributed by atoms with Gasteiger partial charge in [-0.15, -0.1) is 5.10 Å². The maximum atomic E-state index is 12.6. The third kappa shape index (κ3) is 3.80. The minimum Gasteiger partial charge on any atom is -0.321 e. The van der Waals surface area contributed by atoms with E-state index in [2.05, 4.69) is 14.9 Å². The van der Waals surface area contributed by atoms with E-state index in [4.69, 9.17) is 0 Å². The molecule has 0 aliphatic heterocycles. The van der Waals surface area contributed by atoms with E-state index in [-0.39, 0.29) is 10.8 Å². The summed E-state index contributed by atoms with van der Waals surface area (Å²) in [5.74, 6) is -0.334. The summed E-state index contributed by atoms with van der Waals surface area (Å²) >= 11 is 1.02. The molecule has 0 bridgehead atoms. The first-order valence-electron chi connectivity index (χ1n) is 7.66. The minimum atomic E-state index is -3.57. The number of aromatic nitrogens is 2. The van der Waals surface area contributed by atoms with E-state index < -0.39 is 10.0 Å². The second-order valence-corrected chi connectivity index (χ2v) is 7.67. The van der Waals surface area contributed by atoms with Gasteiger partial charge in [0, 0.05) is 18.8 Å². The molecular weight excluding hydrogens is 348 g/mol. The number of nitrogens with one attached hydrogen (secondary N) is 1. The fourth-order valence-electron chi connectivity index (χ4n) is 2.25. The van der Waals surface area contributed by atoms with Crippen LogP contribution in [-0.2, 0) is 16.4 Å². The van der Waals surface area contributed by atoms with E-state index >= 15 is 0 Å². The highest BCUT2D eigenvalue weighted by atomic mass is 32.2. The van der Waals surface area contributed by atoms with Crippen molar-refractivity contribution < 1.29 is 13.2 Å². The molecule has 0 spiro atoms. The van der Waals surface area contributed by atoms with Crippen LogP contribution in [-0.4, -0.2) is 41.3 Å². The summed E-state index contributed by atoms with van der Waals surface area (Å²) in [4.78, 5) is 12.9. The Labute approximate surface area is 145 Å². The summed E-state index contributed by atoms with van der Waals surface area (Å²) in [6.45, 7) is 6.25. The topological polar surface area (TPSA) is 92.3 Å². The Hall–Kier alpha value is -1.84. The number of benzene rings is 1. The normalized spacial score (nSPS) is 11.7. The molecule has 2 rings (SSSR count). The van der Waals surface area contributed by atoms with Crippen molar-refractivity contribution in [2.45, 2.75) is 32.1 Å². The molecule has 2 aromatic rings. The van der Waals surface area contributed by atoms with Crippen LogP contribution < -0.4 is 5.32 Å². The lowest BCUT2D eigenvalue weighted by Crippen LogP contribution is -2.30. The largest absolute Gasteiger partial charge is 0.321 e. The van der Waals surface area contributed by atoms with E-state index in [1.54, 1.807) is 26.0 Å². The molecule has 0 aliphatic rings. The number of nitrogens with zero attached hydrogens (tertiary/aromatic N) is 3. The third-order valence-corrected chi connectivity index (χ3v) is 6.34. The van der Waals surface area contributed by atoms with E-state index in [0.717, 1.165) is 11.5 Å². The molecule has 1 aromatic carbocycles. The summed E-state index contributed by atoms with van der Waals surface area (Å²) in [5.41, 5.74) is 1.05. The molecule has 0 atom stereocenters. The maximum Gasteiger partial charge on any atom is 0.269 e. The Morgan fingerprint density at radius 2 is 1.96 bits per heavy atom. The first-order chi connectivity index (χ1) is 11.4. The molecule has 0 saturated carbocycles. The molecule has 0 fully saturated rings. The molecule has 130 valence electrons. The third-order valence-electron chi connectivity index (χ3n) is 3.53. The number of carbonyl (C=O) groups is 1. The van der Waals surface area contributed by atoms with Gasteiger partial charge in [-0.25, -0.2) is 8.42 Å². The number of amides is 1. The van der Waals surface area contributed by atoms with Gasteiger partial charge in [0.05, 0.1) is 10.6 Å². The van der Waals surface area contributed by atoms with Crippen molar-refractivity contribution in [1.29, 1.82) is 0 Å². The highest BCUT2D eigenvalue weighted by molar-refractivity contribution is 7.89. The molecule has 1 amide bonds. The summed E-state index contributed by atoms with van der Waals surface area (Å²) < 4.78 is 30.3. The Bertz CT molecular complexity index is 814. The van der Waals surface area contributed by atoms with Gasteiger partial charge in [0.15, 0.2) is 0 Å². The van der Waals surface area contributed by atoms with Gasteiger partial charge in [0.1, 0.15) is 4.88 Å². The van der Waals surface area contributed by atoms with Gasteiger partial charge < -0.3 is 5.32 Å². The van der Waals surface area contributed by atoms with Crippen LogP contribution in [0.3, 0.4) is 0 Å². The van der Waals surface area contributed by atoms with Crippen molar-refractivity contribution in [2.24, 2.45) is 0 Å². The number of anilines is 1. The molecule has 0 radical (unpaired) electrons. The molecule has 0 aliphatic carbocycles. The van der Waals surface area contributed by atoms with Crippen molar-refractivity contribution in [3.05, 3.63) is 34.8 Å². The Balaban J connectivity index is 2.27. The Morgan fingerprint density at radius 1 is 1.25 bits per heavy atom. The number of hydrogen-bond donors (Lipinski definition) is 1. The number of carbonyl (C=O) groups excluding carboxylic acids is 1. The zero-order valence-corrected chi connectivity index (χ0v) is 15.4. The fraction of sp³-hybridized carbons (Fsp3) is 0.400.